The lowest BCUT2D eigenvalue weighted by Crippen LogP contribution is -2.44. The van der Waals surface area contributed by atoms with Gasteiger partial charge in [0.25, 0.3) is 11.8 Å². The number of aromatic amines is 1. The summed E-state index contributed by atoms with van der Waals surface area (Å²) in [7, 11) is 0. The summed E-state index contributed by atoms with van der Waals surface area (Å²) in [6, 6.07) is 10.8. The molecule has 0 bridgehead atoms. The lowest BCUT2D eigenvalue weighted by molar-refractivity contribution is 0.0887. The number of amides is 2. The highest BCUT2D eigenvalue weighted by Crippen LogP contribution is 2.26. The van der Waals surface area contributed by atoms with E-state index in [9.17, 15) is 9.59 Å². The summed E-state index contributed by atoms with van der Waals surface area (Å²) in [5.41, 5.74) is 2.15. The van der Waals surface area contributed by atoms with Crippen LogP contribution in [0.5, 0.6) is 0 Å². The molecule has 2 aromatic carbocycles. The minimum Gasteiger partial charge on any atom is -0.347 e. The fourth-order valence-corrected chi connectivity index (χ4v) is 5.16. The number of imidazole rings is 1. The number of hydrogen-bond donors (Lipinski definition) is 3. The van der Waals surface area contributed by atoms with Crippen molar-refractivity contribution in [3.05, 3.63) is 57.3 Å². The molecule has 0 radical (unpaired) electrons. The first-order chi connectivity index (χ1) is 15.4. The number of rotatable bonds is 4. The van der Waals surface area contributed by atoms with Crippen LogP contribution < -0.4 is 10.6 Å². The number of benzene rings is 2. The van der Waals surface area contributed by atoms with E-state index in [1.807, 2.05) is 6.07 Å². The molecule has 0 aliphatic heterocycles. The van der Waals surface area contributed by atoms with Crippen LogP contribution in [0, 0.1) is 0 Å². The molecule has 0 spiro atoms. The molecule has 10 heteroatoms. The number of carbonyl (C=O) groups is 2. The normalized spacial score (nSPS) is 18.7. The van der Waals surface area contributed by atoms with E-state index in [1.54, 1.807) is 30.3 Å². The van der Waals surface area contributed by atoms with Crippen molar-refractivity contribution in [3.8, 4) is 0 Å². The molecule has 32 heavy (non-hydrogen) atoms. The largest absolute Gasteiger partial charge is 0.347 e. The maximum atomic E-state index is 12.6. The van der Waals surface area contributed by atoms with E-state index >= 15 is 0 Å². The Balaban J connectivity index is 1.15. The van der Waals surface area contributed by atoms with Gasteiger partial charge in [-0.15, -0.1) is 11.3 Å². The third kappa shape index (κ3) is 4.44. The fourth-order valence-electron chi connectivity index (χ4n) is 3.97. The first-order valence-corrected chi connectivity index (χ1v) is 11.8. The third-order valence-corrected chi connectivity index (χ3v) is 7.11. The topological polar surface area (TPSA) is 99.8 Å². The molecule has 1 saturated carbocycles. The number of nitrogens with zero attached hydrogens (tertiary/aromatic N) is 2. The van der Waals surface area contributed by atoms with Crippen molar-refractivity contribution in [2.24, 2.45) is 0 Å². The van der Waals surface area contributed by atoms with Gasteiger partial charge in [-0.3, -0.25) is 9.59 Å². The van der Waals surface area contributed by atoms with Crippen LogP contribution in [-0.2, 0) is 0 Å². The van der Waals surface area contributed by atoms with Gasteiger partial charge in [-0.2, -0.15) is 0 Å². The summed E-state index contributed by atoms with van der Waals surface area (Å²) < 4.78 is 0.929. The number of nitrogens with one attached hydrogen (secondary N) is 3. The van der Waals surface area contributed by atoms with Crippen molar-refractivity contribution in [1.29, 1.82) is 0 Å². The third-order valence-electron chi connectivity index (χ3n) is 5.60. The number of aromatic nitrogens is 3. The zero-order chi connectivity index (χ0) is 22.2. The Hall–Kier alpha value is -2.68. The minimum absolute atomic E-state index is 0.0389. The second kappa shape index (κ2) is 8.69. The fraction of sp³-hybridized carbons (Fsp3) is 0.273. The first-order valence-electron chi connectivity index (χ1n) is 10.3. The van der Waals surface area contributed by atoms with Gasteiger partial charge in [-0.1, -0.05) is 23.2 Å². The van der Waals surface area contributed by atoms with Crippen molar-refractivity contribution in [2.45, 2.75) is 37.8 Å². The van der Waals surface area contributed by atoms with Crippen LogP contribution in [0.1, 0.15) is 46.1 Å². The average molecular weight is 488 g/mol. The second-order valence-electron chi connectivity index (χ2n) is 7.87. The van der Waals surface area contributed by atoms with E-state index in [2.05, 4.69) is 25.6 Å². The Labute approximate surface area is 197 Å². The Morgan fingerprint density at radius 2 is 1.53 bits per heavy atom. The maximum absolute atomic E-state index is 12.6. The molecule has 1 aliphatic rings. The van der Waals surface area contributed by atoms with Crippen LogP contribution in [-0.4, -0.2) is 38.8 Å². The SMILES string of the molecule is O=C(NC1CCC(NC(=O)c2nc3cc(Cl)ccc3s2)CC1)c1nc2ccc(Cl)cc2[nH]1. The van der Waals surface area contributed by atoms with Gasteiger partial charge in [-0.05, 0) is 62.1 Å². The summed E-state index contributed by atoms with van der Waals surface area (Å²) in [6.45, 7) is 0. The van der Waals surface area contributed by atoms with Crippen LogP contribution in [0.25, 0.3) is 21.3 Å². The van der Waals surface area contributed by atoms with Crippen LogP contribution >= 0.6 is 34.5 Å². The molecule has 2 amide bonds. The van der Waals surface area contributed by atoms with Crippen LogP contribution in [0.2, 0.25) is 10.0 Å². The van der Waals surface area contributed by atoms with Gasteiger partial charge >= 0.3 is 0 Å². The molecule has 5 rings (SSSR count). The number of hydrogen-bond acceptors (Lipinski definition) is 5. The van der Waals surface area contributed by atoms with E-state index in [-0.39, 0.29) is 29.7 Å². The molecule has 4 aromatic rings. The molecule has 1 fully saturated rings. The first kappa shape index (κ1) is 21.2. The zero-order valence-corrected chi connectivity index (χ0v) is 19.2. The molecule has 2 aromatic heterocycles. The number of fused-ring (bicyclic) bond motifs is 2. The molecular formula is C22H19Cl2N5O2S. The molecule has 0 saturated heterocycles. The quantitative estimate of drug-likeness (QED) is 0.379. The number of thiazole rings is 1. The Morgan fingerprint density at radius 3 is 2.28 bits per heavy atom. The number of halogens is 2. The number of carbonyl (C=O) groups excluding carboxylic acids is 2. The van der Waals surface area contributed by atoms with Gasteiger partial charge in [-0.25, -0.2) is 9.97 Å². The van der Waals surface area contributed by atoms with Gasteiger partial charge < -0.3 is 15.6 Å². The van der Waals surface area contributed by atoms with Crippen molar-refractivity contribution < 1.29 is 9.59 Å². The van der Waals surface area contributed by atoms with E-state index in [0.29, 0.717) is 20.6 Å². The monoisotopic (exact) mass is 487 g/mol. The van der Waals surface area contributed by atoms with E-state index in [1.165, 1.54) is 11.3 Å². The van der Waals surface area contributed by atoms with Crippen molar-refractivity contribution in [3.63, 3.8) is 0 Å². The van der Waals surface area contributed by atoms with E-state index in [4.69, 9.17) is 23.2 Å². The van der Waals surface area contributed by atoms with Gasteiger partial charge in [0.15, 0.2) is 10.8 Å². The summed E-state index contributed by atoms with van der Waals surface area (Å²) in [4.78, 5) is 37.0. The number of H-pyrrole nitrogens is 1. The lowest BCUT2D eigenvalue weighted by Gasteiger charge is -2.29. The minimum atomic E-state index is -0.238. The van der Waals surface area contributed by atoms with Crippen LogP contribution in [0.4, 0.5) is 0 Å². The van der Waals surface area contributed by atoms with Crippen LogP contribution in [0.3, 0.4) is 0 Å². The molecule has 0 unspecified atom stereocenters. The smallest absolute Gasteiger partial charge is 0.287 e. The second-order valence-corrected chi connectivity index (χ2v) is 9.78. The summed E-state index contributed by atoms with van der Waals surface area (Å²) >= 11 is 13.3. The highest BCUT2D eigenvalue weighted by Gasteiger charge is 2.26. The van der Waals surface area contributed by atoms with Crippen molar-refractivity contribution >= 4 is 67.6 Å². The Morgan fingerprint density at radius 1 is 0.875 bits per heavy atom. The molecule has 3 N–H and O–H groups in total. The molecule has 1 aliphatic carbocycles. The molecule has 7 nitrogen and oxygen atoms in total. The Kier molecular flexibility index (Phi) is 5.75. The van der Waals surface area contributed by atoms with Crippen LogP contribution in [0.15, 0.2) is 36.4 Å². The molecule has 2 heterocycles. The summed E-state index contributed by atoms with van der Waals surface area (Å²) in [5, 5.41) is 7.73. The molecule has 0 atom stereocenters. The molecular weight excluding hydrogens is 469 g/mol. The van der Waals surface area contributed by atoms with Gasteiger partial charge in [0.2, 0.25) is 0 Å². The van der Waals surface area contributed by atoms with Crippen molar-refractivity contribution in [2.75, 3.05) is 0 Å². The maximum Gasteiger partial charge on any atom is 0.287 e. The van der Waals surface area contributed by atoms with Gasteiger partial charge in [0.05, 0.1) is 21.3 Å². The Bertz CT molecular complexity index is 1220. The predicted molar refractivity (Wildman–Crippen MR) is 127 cm³/mol. The van der Waals surface area contributed by atoms with Crippen molar-refractivity contribution in [1.82, 2.24) is 25.6 Å². The summed E-state index contributed by atoms with van der Waals surface area (Å²) in [6.07, 6.45) is 3.11. The average Bonchev–Trinajstić information content (AvgIpc) is 3.38. The van der Waals surface area contributed by atoms with E-state index in [0.717, 1.165) is 41.4 Å². The highest BCUT2D eigenvalue weighted by atomic mass is 35.5. The zero-order valence-electron chi connectivity index (χ0n) is 16.8. The van der Waals surface area contributed by atoms with Gasteiger partial charge in [0, 0.05) is 22.1 Å². The lowest BCUT2D eigenvalue weighted by atomic mass is 9.91. The van der Waals surface area contributed by atoms with Gasteiger partial charge in [0.1, 0.15) is 0 Å². The predicted octanol–water partition coefficient (Wildman–Crippen LogP) is 4.95. The standard InChI is InChI=1S/C22H19Cl2N5O2S/c23-11-1-7-15-16(9-11)28-19(27-15)20(30)25-13-3-5-14(6-4-13)26-21(31)22-29-17-10-12(24)2-8-18(17)32-22/h1-2,7-10,13-14H,3-6H2,(H,25,30)(H,26,31)(H,27,28). The molecule has 164 valence electrons. The van der Waals surface area contributed by atoms with E-state index < -0.39 is 0 Å². The highest BCUT2D eigenvalue weighted by molar-refractivity contribution is 7.20. The summed E-state index contributed by atoms with van der Waals surface area (Å²) in [5.74, 6) is -0.137.